The van der Waals surface area contributed by atoms with E-state index in [1.165, 1.54) is 11.8 Å². The molecule has 0 aromatic rings. The number of hydrogen-bond acceptors (Lipinski definition) is 4. The van der Waals surface area contributed by atoms with Gasteiger partial charge < -0.3 is 10.8 Å². The Morgan fingerprint density at radius 1 is 1.71 bits per heavy atom. The van der Waals surface area contributed by atoms with E-state index in [1.807, 2.05) is 13.8 Å². The molecule has 0 fully saturated rings. The smallest absolute Gasteiger partial charge is 0.321 e. The third-order valence-corrected chi connectivity index (χ3v) is 2.88. The molecule has 3 N–H and O–H groups in total. The van der Waals surface area contributed by atoms with Crippen molar-refractivity contribution in [1.29, 1.82) is 5.26 Å². The maximum atomic E-state index is 10.4. The number of hydrogen-bond donors (Lipinski definition) is 2. The van der Waals surface area contributed by atoms with E-state index in [1.54, 1.807) is 0 Å². The molecule has 5 heteroatoms. The van der Waals surface area contributed by atoms with Crippen LogP contribution in [0.3, 0.4) is 0 Å². The van der Waals surface area contributed by atoms with E-state index in [0.29, 0.717) is 5.75 Å². The number of rotatable bonds is 6. The molecule has 0 saturated carbocycles. The van der Waals surface area contributed by atoms with Gasteiger partial charge in [-0.1, -0.05) is 0 Å². The zero-order valence-corrected chi connectivity index (χ0v) is 9.30. The fraction of sp³-hybridized carbons (Fsp3) is 0.778. The Kier molecular flexibility index (Phi) is 5.58. The molecule has 0 aliphatic carbocycles. The topological polar surface area (TPSA) is 87.1 Å². The standard InChI is InChI=1S/C9H16N2O2S/c1-9(2,6-10)3-4-14-5-7(11)8(12)13/h7H,3-5,11H2,1-2H3,(H,12,13)/t7-/m0/s1. The van der Waals surface area contributed by atoms with Gasteiger partial charge in [0.05, 0.1) is 11.5 Å². The Balaban J connectivity index is 3.58. The van der Waals surface area contributed by atoms with Crippen LogP contribution in [0.15, 0.2) is 0 Å². The Hall–Kier alpha value is -0.730. The van der Waals surface area contributed by atoms with E-state index in [4.69, 9.17) is 16.1 Å². The molecule has 0 aromatic heterocycles. The fourth-order valence-corrected chi connectivity index (χ4v) is 1.88. The lowest BCUT2D eigenvalue weighted by Gasteiger charge is -2.14. The minimum atomic E-state index is -0.975. The highest BCUT2D eigenvalue weighted by Gasteiger charge is 2.17. The Bertz CT molecular complexity index is 235. The first kappa shape index (κ1) is 13.3. The predicted octanol–water partition coefficient (Wildman–Crippen LogP) is 1.07. The molecule has 0 amide bonds. The van der Waals surface area contributed by atoms with Gasteiger partial charge in [0.2, 0.25) is 0 Å². The van der Waals surface area contributed by atoms with Crippen molar-refractivity contribution in [3.05, 3.63) is 0 Å². The molecule has 0 aliphatic heterocycles. The van der Waals surface area contributed by atoms with E-state index in [9.17, 15) is 4.79 Å². The SMILES string of the molecule is CC(C)(C#N)CCSC[C@H](N)C(=O)O. The van der Waals surface area contributed by atoms with Crippen LogP contribution in [0.4, 0.5) is 0 Å². The Labute approximate surface area is 88.5 Å². The summed E-state index contributed by atoms with van der Waals surface area (Å²) in [6, 6.07) is 1.39. The van der Waals surface area contributed by atoms with E-state index in [2.05, 4.69) is 6.07 Å². The Morgan fingerprint density at radius 2 is 2.29 bits per heavy atom. The average molecular weight is 216 g/mol. The minimum absolute atomic E-state index is 0.333. The van der Waals surface area contributed by atoms with Crippen molar-refractivity contribution in [3.63, 3.8) is 0 Å². The van der Waals surface area contributed by atoms with Crippen LogP contribution in [-0.4, -0.2) is 28.6 Å². The van der Waals surface area contributed by atoms with Crippen molar-refractivity contribution in [2.45, 2.75) is 26.3 Å². The maximum absolute atomic E-state index is 10.4. The van der Waals surface area contributed by atoms with Crippen molar-refractivity contribution in [2.75, 3.05) is 11.5 Å². The molecule has 0 bridgehead atoms. The van der Waals surface area contributed by atoms with E-state index in [0.717, 1.165) is 12.2 Å². The highest BCUT2D eigenvalue weighted by atomic mass is 32.2. The van der Waals surface area contributed by atoms with Gasteiger partial charge in [0.1, 0.15) is 6.04 Å². The van der Waals surface area contributed by atoms with Crippen LogP contribution < -0.4 is 5.73 Å². The number of carboxylic acids is 1. The van der Waals surface area contributed by atoms with Crippen molar-refractivity contribution < 1.29 is 9.90 Å². The molecule has 0 aliphatic rings. The summed E-state index contributed by atoms with van der Waals surface area (Å²) in [5, 5.41) is 17.2. The summed E-state index contributed by atoms with van der Waals surface area (Å²) in [5.41, 5.74) is 4.98. The van der Waals surface area contributed by atoms with E-state index >= 15 is 0 Å². The number of nitrogens with two attached hydrogens (primary N) is 1. The Morgan fingerprint density at radius 3 is 2.71 bits per heavy atom. The van der Waals surface area contributed by atoms with Crippen LogP contribution in [-0.2, 0) is 4.79 Å². The van der Waals surface area contributed by atoms with Crippen molar-refractivity contribution >= 4 is 17.7 Å². The van der Waals surface area contributed by atoms with Gasteiger partial charge in [0, 0.05) is 5.75 Å². The molecule has 0 aromatic carbocycles. The van der Waals surface area contributed by atoms with Gasteiger partial charge >= 0.3 is 5.97 Å². The van der Waals surface area contributed by atoms with Gasteiger partial charge in [0.15, 0.2) is 0 Å². The second-order valence-corrected chi connectivity index (χ2v) is 4.92. The highest BCUT2D eigenvalue weighted by Crippen LogP contribution is 2.21. The summed E-state index contributed by atoms with van der Waals surface area (Å²) in [5.74, 6) is 0.190. The molecule has 0 rings (SSSR count). The molecule has 0 heterocycles. The fourth-order valence-electron chi connectivity index (χ4n) is 0.665. The van der Waals surface area contributed by atoms with Gasteiger partial charge in [-0.3, -0.25) is 4.79 Å². The van der Waals surface area contributed by atoms with Crippen LogP contribution in [0.25, 0.3) is 0 Å². The highest BCUT2D eigenvalue weighted by molar-refractivity contribution is 7.99. The number of nitriles is 1. The van der Waals surface area contributed by atoms with Crippen LogP contribution in [0.5, 0.6) is 0 Å². The van der Waals surface area contributed by atoms with E-state index < -0.39 is 12.0 Å². The number of nitrogens with zero attached hydrogens (tertiary/aromatic N) is 1. The number of carbonyl (C=O) groups is 1. The third-order valence-electron chi connectivity index (χ3n) is 1.79. The monoisotopic (exact) mass is 216 g/mol. The van der Waals surface area contributed by atoms with Crippen LogP contribution in [0.2, 0.25) is 0 Å². The van der Waals surface area contributed by atoms with E-state index in [-0.39, 0.29) is 5.41 Å². The first-order valence-corrected chi connectivity index (χ1v) is 5.52. The molecule has 0 saturated heterocycles. The lowest BCUT2D eigenvalue weighted by Crippen LogP contribution is -2.32. The summed E-state index contributed by atoms with van der Waals surface area (Å²) in [6.07, 6.45) is 0.751. The third kappa shape index (κ3) is 5.84. The van der Waals surface area contributed by atoms with Crippen LogP contribution in [0, 0.1) is 16.7 Å². The van der Waals surface area contributed by atoms with Gasteiger partial charge in [-0.25, -0.2) is 0 Å². The van der Waals surface area contributed by atoms with Gasteiger partial charge in [0.25, 0.3) is 0 Å². The van der Waals surface area contributed by atoms with Crippen molar-refractivity contribution in [3.8, 4) is 6.07 Å². The predicted molar refractivity (Wildman–Crippen MR) is 56.9 cm³/mol. The van der Waals surface area contributed by atoms with Crippen molar-refractivity contribution in [1.82, 2.24) is 0 Å². The first-order valence-electron chi connectivity index (χ1n) is 4.36. The summed E-state index contributed by atoms with van der Waals surface area (Å²) >= 11 is 1.47. The zero-order valence-electron chi connectivity index (χ0n) is 8.49. The van der Waals surface area contributed by atoms with Crippen LogP contribution >= 0.6 is 11.8 Å². The zero-order chi connectivity index (χ0) is 11.2. The second-order valence-electron chi connectivity index (χ2n) is 3.77. The number of carboxylic acid groups (broad SMARTS) is 1. The largest absolute Gasteiger partial charge is 0.480 e. The molecule has 0 unspecified atom stereocenters. The first-order chi connectivity index (χ1) is 6.39. The lowest BCUT2D eigenvalue weighted by atomic mass is 9.93. The molecule has 0 radical (unpaired) electrons. The molecule has 0 spiro atoms. The molecule has 14 heavy (non-hydrogen) atoms. The van der Waals surface area contributed by atoms with Crippen molar-refractivity contribution in [2.24, 2.45) is 11.1 Å². The average Bonchev–Trinajstić information content (AvgIpc) is 2.12. The normalized spacial score (nSPS) is 13.3. The molecular weight excluding hydrogens is 200 g/mol. The molecule has 1 atom stereocenters. The molecule has 4 nitrogen and oxygen atoms in total. The second kappa shape index (κ2) is 5.89. The number of thioether (sulfide) groups is 1. The summed E-state index contributed by atoms with van der Waals surface area (Å²) in [6.45, 7) is 3.73. The summed E-state index contributed by atoms with van der Waals surface area (Å²) in [7, 11) is 0. The quantitative estimate of drug-likeness (QED) is 0.648. The van der Waals surface area contributed by atoms with Crippen LogP contribution in [0.1, 0.15) is 20.3 Å². The molecule has 80 valence electrons. The lowest BCUT2D eigenvalue weighted by molar-refractivity contribution is -0.137. The summed E-state index contributed by atoms with van der Waals surface area (Å²) < 4.78 is 0. The van der Waals surface area contributed by atoms with Gasteiger partial charge in [-0.05, 0) is 26.0 Å². The maximum Gasteiger partial charge on any atom is 0.321 e. The summed E-state index contributed by atoms with van der Waals surface area (Å²) in [4.78, 5) is 10.4. The minimum Gasteiger partial charge on any atom is -0.480 e. The van der Waals surface area contributed by atoms with Gasteiger partial charge in [-0.2, -0.15) is 17.0 Å². The number of aliphatic carboxylic acids is 1. The molecular formula is C9H16N2O2S. The van der Waals surface area contributed by atoms with Gasteiger partial charge in [-0.15, -0.1) is 0 Å².